The van der Waals surface area contributed by atoms with E-state index >= 15 is 0 Å². The van der Waals surface area contributed by atoms with Gasteiger partial charge in [0, 0.05) is 16.7 Å². The van der Waals surface area contributed by atoms with E-state index in [1.165, 1.54) is 7.11 Å². The van der Waals surface area contributed by atoms with Crippen LogP contribution in [0.3, 0.4) is 0 Å². The van der Waals surface area contributed by atoms with Crippen molar-refractivity contribution >= 4 is 27.8 Å². The van der Waals surface area contributed by atoms with Gasteiger partial charge >= 0.3 is 0 Å². The predicted molar refractivity (Wildman–Crippen MR) is 85.4 cm³/mol. The number of aromatic nitrogens is 2. The number of carbonyl (C=O) groups excluding carboxylic acids is 1. The molecule has 6 nitrogen and oxygen atoms in total. The molecule has 0 aliphatic heterocycles. The molecule has 1 amide bonds. The second-order valence-corrected chi connectivity index (χ2v) is 6.01. The number of methoxy groups -OCH3 is 1. The SMILES string of the molecule is COc1ccnc(NNC(=O)C2(c3ccc(Br)cc3)CC2)n1. The van der Waals surface area contributed by atoms with Crippen molar-refractivity contribution < 1.29 is 9.53 Å². The average Bonchev–Trinajstić information content (AvgIpc) is 3.35. The molecule has 2 aromatic rings. The Labute approximate surface area is 136 Å². The summed E-state index contributed by atoms with van der Waals surface area (Å²) in [4.78, 5) is 20.6. The van der Waals surface area contributed by atoms with Crippen LogP contribution in [-0.2, 0) is 10.2 Å². The minimum Gasteiger partial charge on any atom is -0.481 e. The van der Waals surface area contributed by atoms with Gasteiger partial charge in [0.2, 0.25) is 17.7 Å². The number of amides is 1. The standard InChI is InChI=1S/C15H15BrN4O2/c1-22-12-6-9-17-14(18-12)20-19-13(21)15(7-8-15)10-2-4-11(16)5-3-10/h2-6,9H,7-8H2,1H3,(H,19,21)(H,17,18,20). The van der Waals surface area contributed by atoms with E-state index in [0.29, 0.717) is 11.8 Å². The monoisotopic (exact) mass is 362 g/mol. The number of ether oxygens (including phenoxy) is 1. The predicted octanol–water partition coefficient (Wildman–Crippen LogP) is 2.42. The molecule has 3 rings (SSSR count). The molecule has 1 aromatic heterocycles. The Kier molecular flexibility index (Phi) is 3.98. The van der Waals surface area contributed by atoms with Crippen molar-refractivity contribution in [2.45, 2.75) is 18.3 Å². The first-order valence-electron chi connectivity index (χ1n) is 6.83. The van der Waals surface area contributed by atoms with Crippen LogP contribution in [0.25, 0.3) is 0 Å². The first kappa shape index (κ1) is 14.8. The van der Waals surface area contributed by atoms with Crippen LogP contribution in [0.1, 0.15) is 18.4 Å². The lowest BCUT2D eigenvalue weighted by Gasteiger charge is -2.16. The number of carbonyl (C=O) groups is 1. The lowest BCUT2D eigenvalue weighted by molar-refractivity contribution is -0.123. The minimum absolute atomic E-state index is 0.0822. The van der Waals surface area contributed by atoms with Crippen molar-refractivity contribution in [2.24, 2.45) is 0 Å². The Balaban J connectivity index is 1.68. The van der Waals surface area contributed by atoms with E-state index in [4.69, 9.17) is 4.74 Å². The summed E-state index contributed by atoms with van der Waals surface area (Å²) in [5.74, 6) is 0.640. The molecule has 1 aromatic carbocycles. The lowest BCUT2D eigenvalue weighted by Crippen LogP contribution is -2.38. The fourth-order valence-electron chi connectivity index (χ4n) is 2.29. The van der Waals surface area contributed by atoms with Gasteiger partial charge in [0.05, 0.1) is 12.5 Å². The Morgan fingerprint density at radius 2 is 2.00 bits per heavy atom. The van der Waals surface area contributed by atoms with E-state index in [0.717, 1.165) is 22.9 Å². The number of nitrogens with one attached hydrogen (secondary N) is 2. The smallest absolute Gasteiger partial charge is 0.249 e. The van der Waals surface area contributed by atoms with Gasteiger partial charge < -0.3 is 4.74 Å². The molecule has 0 atom stereocenters. The van der Waals surface area contributed by atoms with Crippen molar-refractivity contribution in [1.82, 2.24) is 15.4 Å². The number of hydrazine groups is 1. The van der Waals surface area contributed by atoms with Gasteiger partial charge in [-0.25, -0.2) is 4.98 Å². The van der Waals surface area contributed by atoms with Crippen LogP contribution in [-0.4, -0.2) is 23.0 Å². The van der Waals surface area contributed by atoms with Crippen molar-refractivity contribution in [3.63, 3.8) is 0 Å². The number of hydrogen-bond donors (Lipinski definition) is 2. The summed E-state index contributed by atoms with van der Waals surface area (Å²) < 4.78 is 6.01. The van der Waals surface area contributed by atoms with Crippen LogP contribution in [0.15, 0.2) is 41.0 Å². The van der Waals surface area contributed by atoms with Gasteiger partial charge in [0.15, 0.2) is 0 Å². The third-order valence-electron chi connectivity index (χ3n) is 3.71. The zero-order valence-electron chi connectivity index (χ0n) is 12.0. The Morgan fingerprint density at radius 3 is 2.64 bits per heavy atom. The maximum absolute atomic E-state index is 12.5. The molecule has 2 N–H and O–H groups in total. The molecular formula is C15H15BrN4O2. The summed E-state index contributed by atoms with van der Waals surface area (Å²) in [6.45, 7) is 0. The number of nitrogens with zero attached hydrogens (tertiary/aromatic N) is 2. The van der Waals surface area contributed by atoms with Crippen molar-refractivity contribution in [2.75, 3.05) is 12.5 Å². The van der Waals surface area contributed by atoms with Crippen molar-refractivity contribution in [3.8, 4) is 5.88 Å². The molecule has 1 aliphatic rings. The third kappa shape index (κ3) is 2.89. The lowest BCUT2D eigenvalue weighted by atomic mass is 9.95. The number of benzene rings is 1. The van der Waals surface area contributed by atoms with Gasteiger partial charge in [0.1, 0.15) is 0 Å². The molecule has 0 radical (unpaired) electrons. The number of rotatable bonds is 5. The Morgan fingerprint density at radius 1 is 1.27 bits per heavy atom. The van der Waals surface area contributed by atoms with Crippen LogP contribution in [0, 0.1) is 0 Å². The highest BCUT2D eigenvalue weighted by molar-refractivity contribution is 9.10. The normalized spacial score (nSPS) is 15.0. The first-order chi connectivity index (χ1) is 10.6. The highest BCUT2D eigenvalue weighted by atomic mass is 79.9. The van der Waals surface area contributed by atoms with E-state index in [-0.39, 0.29) is 5.91 Å². The number of halogens is 1. The maximum atomic E-state index is 12.5. The molecule has 1 fully saturated rings. The zero-order chi connectivity index (χ0) is 15.6. The van der Waals surface area contributed by atoms with E-state index in [1.54, 1.807) is 12.3 Å². The van der Waals surface area contributed by atoms with E-state index in [9.17, 15) is 4.79 Å². The van der Waals surface area contributed by atoms with E-state index in [2.05, 4.69) is 36.7 Å². The number of hydrogen-bond acceptors (Lipinski definition) is 5. The molecule has 1 aliphatic carbocycles. The van der Waals surface area contributed by atoms with Crippen molar-refractivity contribution in [1.29, 1.82) is 0 Å². The average molecular weight is 363 g/mol. The second-order valence-electron chi connectivity index (χ2n) is 5.09. The summed E-state index contributed by atoms with van der Waals surface area (Å²) in [5.41, 5.74) is 5.98. The first-order valence-corrected chi connectivity index (χ1v) is 7.63. The van der Waals surface area contributed by atoms with Gasteiger partial charge in [0.25, 0.3) is 0 Å². The Bertz CT molecular complexity index is 686. The fourth-order valence-corrected chi connectivity index (χ4v) is 2.55. The van der Waals surface area contributed by atoms with Gasteiger partial charge in [-0.1, -0.05) is 28.1 Å². The van der Waals surface area contributed by atoms with Gasteiger partial charge in [-0.05, 0) is 30.5 Å². The summed E-state index contributed by atoms with van der Waals surface area (Å²) in [6.07, 6.45) is 3.23. The molecule has 0 spiro atoms. The minimum atomic E-state index is -0.452. The van der Waals surface area contributed by atoms with Crippen LogP contribution >= 0.6 is 15.9 Å². The summed E-state index contributed by atoms with van der Waals surface area (Å²) >= 11 is 3.40. The molecule has 7 heteroatoms. The second kappa shape index (κ2) is 5.92. The molecule has 1 heterocycles. The molecular weight excluding hydrogens is 348 g/mol. The van der Waals surface area contributed by atoms with Crippen LogP contribution < -0.4 is 15.6 Å². The third-order valence-corrected chi connectivity index (χ3v) is 4.24. The largest absolute Gasteiger partial charge is 0.481 e. The van der Waals surface area contributed by atoms with Crippen molar-refractivity contribution in [3.05, 3.63) is 46.6 Å². The molecule has 114 valence electrons. The molecule has 0 saturated heterocycles. The highest BCUT2D eigenvalue weighted by Crippen LogP contribution is 2.48. The van der Waals surface area contributed by atoms with E-state index in [1.807, 2.05) is 24.3 Å². The number of anilines is 1. The summed E-state index contributed by atoms with van der Waals surface area (Å²) in [5, 5.41) is 0. The molecule has 1 saturated carbocycles. The van der Waals surface area contributed by atoms with Gasteiger partial charge in [-0.15, -0.1) is 0 Å². The maximum Gasteiger partial charge on any atom is 0.249 e. The summed E-state index contributed by atoms with van der Waals surface area (Å²) in [6, 6.07) is 9.47. The fraction of sp³-hybridized carbons (Fsp3) is 0.267. The van der Waals surface area contributed by atoms with Crippen LogP contribution in [0.5, 0.6) is 5.88 Å². The van der Waals surface area contributed by atoms with Gasteiger partial charge in [-0.2, -0.15) is 4.98 Å². The zero-order valence-corrected chi connectivity index (χ0v) is 13.6. The van der Waals surface area contributed by atoms with Crippen LogP contribution in [0.2, 0.25) is 0 Å². The van der Waals surface area contributed by atoms with Gasteiger partial charge in [-0.3, -0.25) is 15.6 Å². The quantitative estimate of drug-likeness (QED) is 0.798. The molecule has 22 heavy (non-hydrogen) atoms. The molecule has 0 bridgehead atoms. The topological polar surface area (TPSA) is 76.1 Å². The Hall–Kier alpha value is -2.15. The summed E-state index contributed by atoms with van der Waals surface area (Å²) in [7, 11) is 1.53. The highest BCUT2D eigenvalue weighted by Gasteiger charge is 2.51. The van der Waals surface area contributed by atoms with Crippen LogP contribution in [0.4, 0.5) is 5.95 Å². The molecule has 0 unspecified atom stereocenters. The van der Waals surface area contributed by atoms with E-state index < -0.39 is 5.41 Å².